The first-order valence-electron chi connectivity index (χ1n) is 9.85. The lowest BCUT2D eigenvalue weighted by atomic mass is 9.74. The van der Waals surface area contributed by atoms with Gasteiger partial charge in [0.25, 0.3) is 0 Å². The number of likely N-dealkylation sites (tertiary alicyclic amines) is 1. The number of fused-ring (bicyclic) bond motifs is 2. The van der Waals surface area contributed by atoms with E-state index >= 15 is 0 Å². The van der Waals surface area contributed by atoms with E-state index in [1.165, 1.54) is 0 Å². The molecule has 2 unspecified atom stereocenters. The lowest BCUT2D eigenvalue weighted by Crippen LogP contribution is -2.53. The predicted octanol–water partition coefficient (Wildman–Crippen LogP) is 3.02. The fourth-order valence-corrected chi connectivity index (χ4v) is 5.06. The van der Waals surface area contributed by atoms with Crippen LogP contribution in [0.1, 0.15) is 34.3 Å². The summed E-state index contributed by atoms with van der Waals surface area (Å²) in [4.78, 5) is 14.1. The Morgan fingerprint density at radius 1 is 1.14 bits per heavy atom. The summed E-state index contributed by atoms with van der Waals surface area (Å²) in [5.74, 6) is 6.96. The Labute approximate surface area is 166 Å². The molecule has 4 rings (SSSR count). The molecule has 1 amide bonds. The number of rotatable bonds is 4. The average Bonchev–Trinajstić information content (AvgIpc) is 2.92. The number of nitrogens with two attached hydrogens (primary N) is 1. The molecule has 2 N–H and O–H groups in total. The smallest absolute Gasteiger partial charge is 0.248 e. The van der Waals surface area contributed by atoms with E-state index in [4.69, 9.17) is 10.5 Å². The van der Waals surface area contributed by atoms with Gasteiger partial charge in [-0.3, -0.25) is 9.69 Å². The quantitative estimate of drug-likeness (QED) is 0.837. The Morgan fingerprint density at radius 2 is 1.86 bits per heavy atom. The molecule has 2 bridgehead atoms. The molecule has 1 heterocycles. The van der Waals surface area contributed by atoms with Gasteiger partial charge in [-0.05, 0) is 42.7 Å². The van der Waals surface area contributed by atoms with Gasteiger partial charge < -0.3 is 10.5 Å². The van der Waals surface area contributed by atoms with Crippen molar-refractivity contribution in [3.63, 3.8) is 0 Å². The van der Waals surface area contributed by atoms with Crippen LogP contribution in [-0.4, -0.2) is 37.6 Å². The molecular formula is C24H26N2O2. The van der Waals surface area contributed by atoms with Gasteiger partial charge in [-0.1, -0.05) is 42.2 Å². The Bertz CT molecular complexity index is 899. The van der Waals surface area contributed by atoms with Crippen molar-refractivity contribution < 1.29 is 9.53 Å². The molecule has 0 aromatic heterocycles. The van der Waals surface area contributed by atoms with Gasteiger partial charge in [0.1, 0.15) is 5.60 Å². The highest BCUT2D eigenvalue weighted by Crippen LogP contribution is 2.53. The molecule has 0 spiro atoms. The van der Waals surface area contributed by atoms with Crippen LogP contribution in [0.3, 0.4) is 0 Å². The van der Waals surface area contributed by atoms with Crippen molar-refractivity contribution in [2.75, 3.05) is 26.7 Å². The first-order valence-corrected chi connectivity index (χ1v) is 9.85. The van der Waals surface area contributed by atoms with Gasteiger partial charge >= 0.3 is 0 Å². The summed E-state index contributed by atoms with van der Waals surface area (Å²) in [6, 6.07) is 17.8. The first-order chi connectivity index (χ1) is 13.6. The van der Waals surface area contributed by atoms with Crippen molar-refractivity contribution in [1.82, 2.24) is 4.90 Å². The summed E-state index contributed by atoms with van der Waals surface area (Å²) in [5, 5.41) is 0. The van der Waals surface area contributed by atoms with E-state index in [0.29, 0.717) is 17.4 Å². The van der Waals surface area contributed by atoms with Gasteiger partial charge in [0.15, 0.2) is 0 Å². The molecular weight excluding hydrogens is 348 g/mol. The van der Waals surface area contributed by atoms with Crippen LogP contribution in [0.2, 0.25) is 0 Å². The van der Waals surface area contributed by atoms with Crippen LogP contribution in [-0.2, 0) is 10.3 Å². The Hall–Kier alpha value is -2.61. The molecule has 4 nitrogen and oxygen atoms in total. The van der Waals surface area contributed by atoms with E-state index in [1.807, 2.05) is 42.5 Å². The summed E-state index contributed by atoms with van der Waals surface area (Å²) in [5.41, 5.74) is 7.84. The summed E-state index contributed by atoms with van der Waals surface area (Å²) in [6.07, 6.45) is 2.25. The van der Waals surface area contributed by atoms with Crippen molar-refractivity contribution in [3.05, 3.63) is 71.3 Å². The van der Waals surface area contributed by atoms with Crippen molar-refractivity contribution >= 4 is 5.91 Å². The normalized spacial score (nSPS) is 26.5. The second-order valence-electron chi connectivity index (χ2n) is 7.78. The third-order valence-electron chi connectivity index (χ3n) is 6.28. The van der Waals surface area contributed by atoms with Gasteiger partial charge in [0.2, 0.25) is 5.91 Å². The van der Waals surface area contributed by atoms with Gasteiger partial charge in [0.05, 0.1) is 6.54 Å². The monoisotopic (exact) mass is 374 g/mol. The largest absolute Gasteiger partial charge is 0.373 e. The van der Waals surface area contributed by atoms with Crippen LogP contribution in [0, 0.1) is 23.7 Å². The van der Waals surface area contributed by atoms with E-state index in [-0.39, 0.29) is 5.60 Å². The maximum Gasteiger partial charge on any atom is 0.248 e. The third kappa shape index (κ3) is 3.32. The molecule has 28 heavy (non-hydrogen) atoms. The molecule has 144 valence electrons. The van der Waals surface area contributed by atoms with Crippen molar-refractivity contribution in [1.29, 1.82) is 0 Å². The van der Waals surface area contributed by atoms with E-state index in [0.717, 1.165) is 43.6 Å². The molecule has 2 aliphatic rings. The topological polar surface area (TPSA) is 55.6 Å². The predicted molar refractivity (Wildman–Crippen MR) is 110 cm³/mol. The Morgan fingerprint density at radius 3 is 2.50 bits per heavy atom. The highest BCUT2D eigenvalue weighted by molar-refractivity contribution is 5.92. The van der Waals surface area contributed by atoms with Crippen LogP contribution in [0.25, 0.3) is 0 Å². The highest BCUT2D eigenvalue weighted by atomic mass is 16.5. The van der Waals surface area contributed by atoms with Gasteiger partial charge in [-0.25, -0.2) is 0 Å². The number of primary amides is 1. The van der Waals surface area contributed by atoms with Crippen molar-refractivity contribution in [2.24, 2.45) is 17.6 Å². The number of hydrogen-bond donors (Lipinski definition) is 1. The Kier molecular flexibility index (Phi) is 5.21. The molecule has 2 aromatic carbocycles. The average molecular weight is 374 g/mol. The van der Waals surface area contributed by atoms with E-state index in [9.17, 15) is 4.79 Å². The van der Waals surface area contributed by atoms with Crippen LogP contribution in [0.5, 0.6) is 0 Å². The zero-order chi connectivity index (χ0) is 19.6. The summed E-state index contributed by atoms with van der Waals surface area (Å²) in [7, 11) is 1.80. The summed E-state index contributed by atoms with van der Waals surface area (Å²) >= 11 is 0. The van der Waals surface area contributed by atoms with Crippen LogP contribution in [0.15, 0.2) is 54.6 Å². The molecule has 1 aliphatic heterocycles. The van der Waals surface area contributed by atoms with E-state index < -0.39 is 5.91 Å². The number of nitrogens with zero attached hydrogens (tertiary/aromatic N) is 1. The highest BCUT2D eigenvalue weighted by Gasteiger charge is 2.55. The SMILES string of the molecule is COC1(c2cccc(C(N)=O)c2)C2CCC1CN(CC#Cc1ccccc1)C2. The summed E-state index contributed by atoms with van der Waals surface area (Å²) in [6.45, 7) is 2.67. The second-order valence-corrected chi connectivity index (χ2v) is 7.78. The standard InChI is InChI=1S/C24H26N2O2/c1-28-24(20-11-5-10-19(15-20)23(25)27)21-12-13-22(24)17-26(16-21)14-6-9-18-7-3-2-4-8-18/h2-5,7-8,10-11,15,21-22H,12-14,16-17H2,1H3,(H2,25,27). The molecule has 4 heteroatoms. The lowest BCUT2D eigenvalue weighted by molar-refractivity contribution is -0.117. The first kappa shape index (κ1) is 18.7. The van der Waals surface area contributed by atoms with Crippen LogP contribution < -0.4 is 5.73 Å². The number of ether oxygens (including phenoxy) is 1. The number of methoxy groups -OCH3 is 1. The summed E-state index contributed by atoms with van der Waals surface area (Å²) < 4.78 is 6.19. The third-order valence-corrected chi connectivity index (χ3v) is 6.28. The maximum atomic E-state index is 11.7. The molecule has 1 aliphatic carbocycles. The van der Waals surface area contributed by atoms with E-state index in [2.05, 4.69) is 22.8 Å². The number of amides is 1. The van der Waals surface area contributed by atoms with Crippen molar-refractivity contribution in [3.8, 4) is 11.8 Å². The van der Waals surface area contributed by atoms with Crippen LogP contribution in [0.4, 0.5) is 0 Å². The number of piperidine rings is 1. The van der Waals surface area contributed by atoms with Gasteiger partial charge in [-0.2, -0.15) is 0 Å². The maximum absolute atomic E-state index is 11.7. The molecule has 1 saturated heterocycles. The second kappa shape index (κ2) is 7.79. The Balaban J connectivity index is 1.53. The zero-order valence-corrected chi connectivity index (χ0v) is 16.2. The number of benzene rings is 2. The fraction of sp³-hybridized carbons (Fsp3) is 0.375. The minimum Gasteiger partial charge on any atom is -0.373 e. The molecule has 0 radical (unpaired) electrons. The molecule has 2 fully saturated rings. The minimum absolute atomic E-state index is 0.338. The number of carbonyl (C=O) groups is 1. The van der Waals surface area contributed by atoms with Gasteiger partial charge in [0, 0.05) is 43.2 Å². The number of hydrogen-bond acceptors (Lipinski definition) is 3. The number of carbonyl (C=O) groups excluding carboxylic acids is 1. The fourth-order valence-electron chi connectivity index (χ4n) is 5.06. The van der Waals surface area contributed by atoms with Gasteiger partial charge in [-0.15, -0.1) is 0 Å². The molecule has 2 aromatic rings. The van der Waals surface area contributed by atoms with E-state index in [1.54, 1.807) is 13.2 Å². The molecule has 2 atom stereocenters. The lowest BCUT2D eigenvalue weighted by Gasteiger charge is -2.47. The van der Waals surface area contributed by atoms with Crippen molar-refractivity contribution in [2.45, 2.75) is 18.4 Å². The van der Waals surface area contributed by atoms with Crippen LogP contribution >= 0.6 is 0 Å². The minimum atomic E-state index is -0.394. The molecule has 1 saturated carbocycles. The zero-order valence-electron chi connectivity index (χ0n) is 16.2.